The van der Waals surface area contributed by atoms with E-state index in [1.165, 1.54) is 0 Å². The lowest BCUT2D eigenvalue weighted by Gasteiger charge is -2.20. The molecule has 0 aliphatic carbocycles. The minimum atomic E-state index is 0.202. The maximum atomic E-state index is 5.82. The van der Waals surface area contributed by atoms with Crippen LogP contribution in [0.5, 0.6) is 5.75 Å². The number of nitrogens with one attached hydrogen (secondary N) is 1. The van der Waals surface area contributed by atoms with Gasteiger partial charge in [0.05, 0.1) is 18.8 Å². The van der Waals surface area contributed by atoms with E-state index in [0.29, 0.717) is 18.2 Å². The molecule has 0 radical (unpaired) electrons. The van der Waals surface area contributed by atoms with Gasteiger partial charge in [0.25, 0.3) is 0 Å². The molecule has 0 fully saturated rings. The Labute approximate surface area is 114 Å². The number of hydrogen-bond donors (Lipinski definition) is 1. The monoisotopic (exact) mass is 271 g/mol. The van der Waals surface area contributed by atoms with Crippen molar-refractivity contribution < 1.29 is 9.47 Å². The smallest absolute Gasteiger partial charge is 0.119 e. The Morgan fingerprint density at radius 3 is 2.39 bits per heavy atom. The molecule has 0 amide bonds. The van der Waals surface area contributed by atoms with Gasteiger partial charge in [0.2, 0.25) is 0 Å². The Bertz CT molecular complexity index is 327. The molecule has 1 unspecified atom stereocenters. The first-order valence-electron chi connectivity index (χ1n) is 6.35. The van der Waals surface area contributed by atoms with Crippen molar-refractivity contribution >= 4 is 11.6 Å². The van der Waals surface area contributed by atoms with Gasteiger partial charge in [-0.1, -0.05) is 18.5 Å². The molecule has 0 spiro atoms. The second-order valence-corrected chi connectivity index (χ2v) is 4.84. The Hall–Kier alpha value is -0.770. The first-order chi connectivity index (χ1) is 8.61. The van der Waals surface area contributed by atoms with E-state index in [1.54, 1.807) is 0 Å². The summed E-state index contributed by atoms with van der Waals surface area (Å²) in [6, 6.07) is 7.59. The largest absolute Gasteiger partial charge is 0.492 e. The summed E-state index contributed by atoms with van der Waals surface area (Å²) >= 11 is 5.82. The second kappa shape index (κ2) is 8.35. The van der Waals surface area contributed by atoms with Crippen LogP contribution in [-0.4, -0.2) is 31.9 Å². The van der Waals surface area contributed by atoms with Crippen LogP contribution in [0.15, 0.2) is 24.3 Å². The van der Waals surface area contributed by atoms with Crippen LogP contribution in [0.3, 0.4) is 0 Å². The standard InChI is InChI=1S/C14H22ClNO2/c1-4-16-13(9-17-11(2)3)10-18-14-7-5-12(15)6-8-14/h5-8,11,13,16H,4,9-10H2,1-3H3. The minimum Gasteiger partial charge on any atom is -0.492 e. The fraction of sp³-hybridized carbons (Fsp3) is 0.571. The number of benzene rings is 1. The first-order valence-corrected chi connectivity index (χ1v) is 6.73. The number of rotatable bonds is 8. The lowest BCUT2D eigenvalue weighted by atomic mass is 10.3. The van der Waals surface area contributed by atoms with Crippen molar-refractivity contribution in [1.82, 2.24) is 5.32 Å². The van der Waals surface area contributed by atoms with Gasteiger partial charge >= 0.3 is 0 Å². The quantitative estimate of drug-likeness (QED) is 0.788. The zero-order chi connectivity index (χ0) is 13.4. The van der Waals surface area contributed by atoms with Crippen molar-refractivity contribution in [3.8, 4) is 5.75 Å². The lowest BCUT2D eigenvalue weighted by molar-refractivity contribution is 0.0505. The molecule has 0 aromatic heterocycles. The summed E-state index contributed by atoms with van der Waals surface area (Å²) in [5.74, 6) is 0.826. The van der Waals surface area contributed by atoms with Crippen molar-refractivity contribution in [3.05, 3.63) is 29.3 Å². The van der Waals surface area contributed by atoms with E-state index in [-0.39, 0.29) is 12.1 Å². The van der Waals surface area contributed by atoms with Gasteiger partial charge in [-0.15, -0.1) is 0 Å². The Balaban J connectivity index is 2.38. The number of likely N-dealkylation sites (N-methyl/N-ethyl adjacent to an activating group) is 1. The molecule has 1 rings (SSSR count). The zero-order valence-corrected chi connectivity index (χ0v) is 12.0. The molecule has 1 aromatic carbocycles. The second-order valence-electron chi connectivity index (χ2n) is 4.40. The van der Waals surface area contributed by atoms with Gasteiger partial charge in [0.1, 0.15) is 12.4 Å². The van der Waals surface area contributed by atoms with Gasteiger partial charge in [-0.2, -0.15) is 0 Å². The van der Waals surface area contributed by atoms with Crippen LogP contribution < -0.4 is 10.1 Å². The van der Waals surface area contributed by atoms with Crippen LogP contribution >= 0.6 is 11.6 Å². The van der Waals surface area contributed by atoms with Gasteiger partial charge in [0, 0.05) is 5.02 Å². The van der Waals surface area contributed by atoms with Crippen LogP contribution in [0.2, 0.25) is 5.02 Å². The molecule has 0 saturated heterocycles. The Kier molecular flexibility index (Phi) is 7.09. The van der Waals surface area contributed by atoms with Gasteiger partial charge in [-0.05, 0) is 44.7 Å². The molecule has 1 atom stereocenters. The van der Waals surface area contributed by atoms with E-state index in [2.05, 4.69) is 12.2 Å². The van der Waals surface area contributed by atoms with Crippen molar-refractivity contribution in [1.29, 1.82) is 0 Å². The molecule has 3 nitrogen and oxygen atoms in total. The first kappa shape index (κ1) is 15.3. The van der Waals surface area contributed by atoms with Gasteiger partial charge in [0.15, 0.2) is 0 Å². The van der Waals surface area contributed by atoms with E-state index >= 15 is 0 Å². The number of hydrogen-bond acceptors (Lipinski definition) is 3. The summed E-state index contributed by atoms with van der Waals surface area (Å²) in [6.45, 7) is 8.27. The summed E-state index contributed by atoms with van der Waals surface area (Å²) in [7, 11) is 0. The fourth-order valence-corrected chi connectivity index (χ4v) is 1.62. The Morgan fingerprint density at radius 2 is 1.83 bits per heavy atom. The highest BCUT2D eigenvalue weighted by Gasteiger charge is 2.09. The third-order valence-electron chi connectivity index (χ3n) is 2.39. The Morgan fingerprint density at radius 1 is 1.17 bits per heavy atom. The molecular weight excluding hydrogens is 250 g/mol. The highest BCUT2D eigenvalue weighted by atomic mass is 35.5. The summed E-state index contributed by atoms with van der Waals surface area (Å²) in [5, 5.41) is 4.06. The highest BCUT2D eigenvalue weighted by molar-refractivity contribution is 6.30. The molecule has 1 N–H and O–H groups in total. The predicted molar refractivity (Wildman–Crippen MR) is 75.5 cm³/mol. The number of ether oxygens (including phenoxy) is 2. The van der Waals surface area contributed by atoms with Crippen molar-refractivity contribution in [2.24, 2.45) is 0 Å². The lowest BCUT2D eigenvalue weighted by Crippen LogP contribution is -2.39. The average Bonchev–Trinajstić information content (AvgIpc) is 2.34. The van der Waals surface area contributed by atoms with Crippen molar-refractivity contribution in [3.63, 3.8) is 0 Å². The molecular formula is C14H22ClNO2. The topological polar surface area (TPSA) is 30.5 Å². The van der Waals surface area contributed by atoms with Gasteiger partial charge in [-0.3, -0.25) is 0 Å². The van der Waals surface area contributed by atoms with Crippen LogP contribution in [0.1, 0.15) is 20.8 Å². The van der Waals surface area contributed by atoms with Crippen molar-refractivity contribution in [2.45, 2.75) is 32.9 Å². The zero-order valence-electron chi connectivity index (χ0n) is 11.3. The average molecular weight is 272 g/mol. The third kappa shape index (κ3) is 6.24. The molecule has 1 aromatic rings. The molecule has 0 aliphatic rings. The summed E-state index contributed by atoms with van der Waals surface area (Å²) in [4.78, 5) is 0. The van der Waals surface area contributed by atoms with E-state index < -0.39 is 0 Å². The molecule has 4 heteroatoms. The maximum absolute atomic E-state index is 5.82. The SMILES string of the molecule is CCNC(COc1ccc(Cl)cc1)COC(C)C. The van der Waals surface area contributed by atoms with E-state index in [1.807, 2.05) is 38.1 Å². The van der Waals surface area contributed by atoms with Crippen LogP contribution in [0.25, 0.3) is 0 Å². The maximum Gasteiger partial charge on any atom is 0.119 e. The predicted octanol–water partition coefficient (Wildman–Crippen LogP) is 3.12. The third-order valence-corrected chi connectivity index (χ3v) is 2.64. The number of halogens is 1. The normalized spacial score (nSPS) is 12.7. The van der Waals surface area contributed by atoms with Gasteiger partial charge < -0.3 is 14.8 Å². The van der Waals surface area contributed by atoms with Crippen LogP contribution in [0, 0.1) is 0 Å². The summed E-state index contributed by atoms with van der Waals surface area (Å²) < 4.78 is 11.3. The van der Waals surface area contributed by atoms with E-state index in [4.69, 9.17) is 21.1 Å². The van der Waals surface area contributed by atoms with Crippen LogP contribution in [0.4, 0.5) is 0 Å². The molecule has 0 saturated carbocycles. The molecule has 0 heterocycles. The van der Waals surface area contributed by atoms with E-state index in [9.17, 15) is 0 Å². The molecule has 0 aliphatic heterocycles. The molecule has 102 valence electrons. The van der Waals surface area contributed by atoms with Gasteiger partial charge in [-0.25, -0.2) is 0 Å². The highest BCUT2D eigenvalue weighted by Crippen LogP contribution is 2.15. The minimum absolute atomic E-state index is 0.202. The van der Waals surface area contributed by atoms with Crippen LogP contribution in [-0.2, 0) is 4.74 Å². The molecule has 0 bridgehead atoms. The van der Waals surface area contributed by atoms with E-state index in [0.717, 1.165) is 12.3 Å². The summed E-state index contributed by atoms with van der Waals surface area (Å²) in [6.07, 6.45) is 0.238. The molecule has 18 heavy (non-hydrogen) atoms. The fourth-order valence-electron chi connectivity index (χ4n) is 1.49. The van der Waals surface area contributed by atoms with Crippen molar-refractivity contribution in [2.75, 3.05) is 19.8 Å². The summed E-state index contributed by atoms with van der Waals surface area (Å²) in [5.41, 5.74) is 0.